The van der Waals surface area contributed by atoms with E-state index >= 15 is 0 Å². The number of nitrogens with zero attached hydrogens (tertiary/aromatic N) is 4. The van der Waals surface area contributed by atoms with Gasteiger partial charge in [-0.2, -0.15) is 10.2 Å². The van der Waals surface area contributed by atoms with Crippen molar-refractivity contribution in [2.75, 3.05) is 6.54 Å². The molecule has 1 fully saturated rings. The second-order valence-corrected chi connectivity index (χ2v) is 6.17. The molecular weight excluding hydrogens is 328 g/mol. The van der Waals surface area contributed by atoms with Crippen molar-refractivity contribution >= 4 is 5.91 Å². The smallest absolute Gasteiger partial charge is 0.254 e. The highest BCUT2D eigenvalue weighted by Crippen LogP contribution is 2.33. The summed E-state index contributed by atoms with van der Waals surface area (Å²) in [7, 11) is 0. The summed E-state index contributed by atoms with van der Waals surface area (Å²) < 4.78 is 5.46. The van der Waals surface area contributed by atoms with Gasteiger partial charge in [-0.3, -0.25) is 4.79 Å². The van der Waals surface area contributed by atoms with Crippen LogP contribution in [0, 0.1) is 11.3 Å². The molecule has 1 aliphatic heterocycles. The second-order valence-electron chi connectivity index (χ2n) is 6.17. The quantitative estimate of drug-likeness (QED) is 0.725. The van der Waals surface area contributed by atoms with Crippen LogP contribution in [0.5, 0.6) is 0 Å². The van der Waals surface area contributed by atoms with E-state index in [1.807, 2.05) is 30.3 Å². The lowest BCUT2D eigenvalue weighted by atomic mass is 10.1. The largest absolute Gasteiger partial charge is 0.337 e. The Balaban J connectivity index is 1.58. The maximum atomic E-state index is 12.9. The molecule has 1 atom stereocenters. The molecule has 0 unspecified atom stereocenters. The van der Waals surface area contributed by atoms with Crippen LogP contribution in [0.4, 0.5) is 0 Å². The first-order valence-corrected chi connectivity index (χ1v) is 8.46. The Bertz CT molecular complexity index is 957. The van der Waals surface area contributed by atoms with Gasteiger partial charge in [0.1, 0.15) is 6.04 Å². The van der Waals surface area contributed by atoms with E-state index in [1.54, 1.807) is 29.2 Å². The third-order valence-corrected chi connectivity index (χ3v) is 4.53. The lowest BCUT2D eigenvalue weighted by molar-refractivity contribution is 0.0710. The third-order valence-electron chi connectivity index (χ3n) is 4.53. The summed E-state index contributed by atoms with van der Waals surface area (Å²) in [6.07, 6.45) is 1.67. The fourth-order valence-corrected chi connectivity index (χ4v) is 3.19. The van der Waals surface area contributed by atoms with Gasteiger partial charge >= 0.3 is 0 Å². The van der Waals surface area contributed by atoms with E-state index in [1.165, 1.54) is 0 Å². The number of rotatable bonds is 3. The molecule has 4 rings (SSSR count). The van der Waals surface area contributed by atoms with Crippen LogP contribution in [0.3, 0.4) is 0 Å². The van der Waals surface area contributed by atoms with Crippen molar-refractivity contribution < 1.29 is 9.32 Å². The Hall–Kier alpha value is -3.46. The molecule has 128 valence electrons. The molecule has 0 radical (unpaired) electrons. The first-order chi connectivity index (χ1) is 12.8. The number of nitriles is 1. The van der Waals surface area contributed by atoms with Gasteiger partial charge in [0.2, 0.25) is 11.7 Å². The number of carbonyl (C=O) groups excluding carboxylic acids is 1. The summed E-state index contributed by atoms with van der Waals surface area (Å²) in [6, 6.07) is 18.1. The number of hydrogen-bond donors (Lipinski definition) is 0. The standard InChI is InChI=1S/C20H16N4O2/c21-13-14-8-10-16(11-9-14)20(25)24-12-4-7-17(24)19-22-18(23-26-19)15-5-2-1-3-6-15/h1-3,5-6,8-11,17H,4,7,12H2/t17-/m0/s1. The van der Waals surface area contributed by atoms with E-state index in [0.29, 0.717) is 29.4 Å². The fraction of sp³-hybridized carbons (Fsp3) is 0.200. The van der Waals surface area contributed by atoms with Gasteiger partial charge < -0.3 is 9.42 Å². The molecule has 1 aliphatic rings. The zero-order valence-corrected chi connectivity index (χ0v) is 14.0. The van der Waals surface area contributed by atoms with Crippen molar-refractivity contribution in [2.45, 2.75) is 18.9 Å². The highest BCUT2D eigenvalue weighted by molar-refractivity contribution is 5.94. The highest BCUT2D eigenvalue weighted by atomic mass is 16.5. The molecule has 0 aliphatic carbocycles. The minimum absolute atomic E-state index is 0.0866. The van der Waals surface area contributed by atoms with Crippen molar-refractivity contribution in [3.8, 4) is 17.5 Å². The molecule has 0 bridgehead atoms. The predicted octanol–water partition coefficient (Wildman–Crippen LogP) is 3.59. The maximum Gasteiger partial charge on any atom is 0.254 e. The average molecular weight is 344 g/mol. The molecule has 26 heavy (non-hydrogen) atoms. The molecule has 1 saturated heterocycles. The van der Waals surface area contributed by atoms with Crippen LogP contribution >= 0.6 is 0 Å². The van der Waals surface area contributed by atoms with Crippen molar-refractivity contribution in [2.24, 2.45) is 0 Å². The summed E-state index contributed by atoms with van der Waals surface area (Å²) in [5, 5.41) is 13.0. The molecular formula is C20H16N4O2. The minimum Gasteiger partial charge on any atom is -0.337 e. The van der Waals surface area contributed by atoms with Crippen LogP contribution in [0.1, 0.15) is 40.7 Å². The number of likely N-dealkylation sites (tertiary alicyclic amines) is 1. The number of carbonyl (C=O) groups is 1. The lowest BCUT2D eigenvalue weighted by Gasteiger charge is -2.21. The van der Waals surface area contributed by atoms with Crippen molar-refractivity contribution in [3.05, 3.63) is 71.6 Å². The number of hydrogen-bond acceptors (Lipinski definition) is 5. The van der Waals surface area contributed by atoms with Crippen LogP contribution in [0.15, 0.2) is 59.1 Å². The summed E-state index contributed by atoms with van der Waals surface area (Å²) in [5.74, 6) is 0.901. The van der Waals surface area contributed by atoms with E-state index in [9.17, 15) is 4.79 Å². The van der Waals surface area contributed by atoms with Crippen LogP contribution in [0.25, 0.3) is 11.4 Å². The maximum absolute atomic E-state index is 12.9. The first-order valence-electron chi connectivity index (χ1n) is 8.46. The third kappa shape index (κ3) is 2.95. The zero-order chi connectivity index (χ0) is 17.9. The molecule has 0 saturated carbocycles. The van der Waals surface area contributed by atoms with E-state index in [-0.39, 0.29) is 11.9 Å². The highest BCUT2D eigenvalue weighted by Gasteiger charge is 2.34. The Morgan fingerprint density at radius 2 is 1.92 bits per heavy atom. The molecule has 6 nitrogen and oxygen atoms in total. The van der Waals surface area contributed by atoms with E-state index in [0.717, 1.165) is 18.4 Å². The molecule has 2 aromatic carbocycles. The summed E-state index contributed by atoms with van der Waals surface area (Å²) in [6.45, 7) is 0.645. The number of benzene rings is 2. The van der Waals surface area contributed by atoms with Crippen LogP contribution in [-0.4, -0.2) is 27.5 Å². The molecule has 0 N–H and O–H groups in total. The topological polar surface area (TPSA) is 83.0 Å². The van der Waals surface area contributed by atoms with E-state index in [2.05, 4.69) is 16.2 Å². The first kappa shape index (κ1) is 16.0. The van der Waals surface area contributed by atoms with Crippen molar-refractivity contribution in [1.82, 2.24) is 15.0 Å². The summed E-state index contributed by atoms with van der Waals surface area (Å²) in [4.78, 5) is 19.1. The Morgan fingerprint density at radius 1 is 1.15 bits per heavy atom. The zero-order valence-electron chi connectivity index (χ0n) is 14.0. The summed E-state index contributed by atoms with van der Waals surface area (Å²) >= 11 is 0. The number of aromatic nitrogens is 2. The van der Waals surface area contributed by atoms with Gasteiger partial charge in [0.25, 0.3) is 5.91 Å². The predicted molar refractivity (Wildman–Crippen MR) is 93.9 cm³/mol. The van der Waals surface area contributed by atoms with Crippen molar-refractivity contribution in [3.63, 3.8) is 0 Å². The fourth-order valence-electron chi connectivity index (χ4n) is 3.19. The van der Waals surface area contributed by atoms with Gasteiger partial charge in [0.05, 0.1) is 11.6 Å². The van der Waals surface area contributed by atoms with Crippen LogP contribution in [0.2, 0.25) is 0 Å². The summed E-state index contributed by atoms with van der Waals surface area (Å²) in [5.41, 5.74) is 1.97. The van der Waals surface area contributed by atoms with Gasteiger partial charge in [0.15, 0.2) is 0 Å². The molecule has 0 spiro atoms. The van der Waals surface area contributed by atoms with Crippen LogP contribution in [-0.2, 0) is 0 Å². The molecule has 3 aromatic rings. The Morgan fingerprint density at radius 3 is 2.65 bits per heavy atom. The van der Waals surface area contributed by atoms with E-state index in [4.69, 9.17) is 9.78 Å². The molecule has 6 heteroatoms. The SMILES string of the molecule is N#Cc1ccc(C(=O)N2CCC[C@H]2c2nc(-c3ccccc3)no2)cc1. The van der Waals surface area contributed by atoms with Gasteiger partial charge in [-0.05, 0) is 37.1 Å². The molecule has 2 heterocycles. The van der Waals surface area contributed by atoms with E-state index < -0.39 is 0 Å². The van der Waals surface area contributed by atoms with Gasteiger partial charge in [-0.15, -0.1) is 0 Å². The lowest BCUT2D eigenvalue weighted by Crippen LogP contribution is -2.30. The Kier molecular flexibility index (Phi) is 4.20. The molecule has 1 aromatic heterocycles. The van der Waals surface area contributed by atoms with Gasteiger partial charge in [-0.1, -0.05) is 35.5 Å². The average Bonchev–Trinajstić information content (AvgIpc) is 3.37. The Labute approximate surface area is 150 Å². The molecule has 1 amide bonds. The normalized spacial score (nSPS) is 16.4. The number of amides is 1. The van der Waals surface area contributed by atoms with Crippen molar-refractivity contribution in [1.29, 1.82) is 5.26 Å². The van der Waals surface area contributed by atoms with Gasteiger partial charge in [0, 0.05) is 17.7 Å². The van der Waals surface area contributed by atoms with Crippen LogP contribution < -0.4 is 0 Å². The second kappa shape index (κ2) is 6.81. The monoisotopic (exact) mass is 344 g/mol. The minimum atomic E-state index is -0.219. The van der Waals surface area contributed by atoms with Gasteiger partial charge in [-0.25, -0.2) is 0 Å².